The minimum Gasteiger partial charge on any atom is -0.489 e. The lowest BCUT2D eigenvalue weighted by Crippen LogP contribution is -2.37. The van der Waals surface area contributed by atoms with E-state index < -0.39 is 0 Å². The Morgan fingerprint density at radius 3 is 2.48 bits per heavy atom. The number of hydrogen-bond donors (Lipinski definition) is 2. The molecule has 0 bridgehead atoms. The minimum absolute atomic E-state index is 0.0715. The molecule has 2 aromatic carbocycles. The van der Waals surface area contributed by atoms with Gasteiger partial charge in [0.1, 0.15) is 5.75 Å². The molecule has 0 spiro atoms. The van der Waals surface area contributed by atoms with E-state index in [4.69, 9.17) is 9.47 Å². The van der Waals surface area contributed by atoms with Crippen LogP contribution in [0.25, 0.3) is 0 Å². The van der Waals surface area contributed by atoms with Crippen molar-refractivity contribution in [1.82, 2.24) is 0 Å². The number of nitrogens with zero attached hydrogens (tertiary/aromatic N) is 1. The number of carbonyl (C=O) groups excluding carboxylic acids is 1. The van der Waals surface area contributed by atoms with Gasteiger partial charge in [0.2, 0.25) is 5.91 Å². The van der Waals surface area contributed by atoms with Gasteiger partial charge in [-0.1, -0.05) is 24.3 Å². The van der Waals surface area contributed by atoms with E-state index in [1.165, 1.54) is 0 Å². The van der Waals surface area contributed by atoms with Crippen molar-refractivity contribution in [3.63, 3.8) is 0 Å². The van der Waals surface area contributed by atoms with Gasteiger partial charge in [-0.05, 0) is 38.1 Å². The fourth-order valence-electron chi connectivity index (χ4n) is 3.00. The number of nitrogens with one attached hydrogen (secondary N) is 2. The SMILES string of the molecule is CC(C)Oc1ccccc1NCC(=O)Nc1ccccc1N1CCOCC1. The van der Waals surface area contributed by atoms with Crippen molar-refractivity contribution in [2.24, 2.45) is 0 Å². The number of rotatable bonds is 7. The molecule has 0 atom stereocenters. The second-order valence-corrected chi connectivity index (χ2v) is 6.68. The monoisotopic (exact) mass is 369 g/mol. The molecule has 3 rings (SSSR count). The smallest absolute Gasteiger partial charge is 0.243 e. The van der Waals surface area contributed by atoms with E-state index in [0.717, 1.165) is 35.9 Å². The van der Waals surface area contributed by atoms with Gasteiger partial charge < -0.3 is 25.0 Å². The molecule has 0 radical (unpaired) electrons. The molecule has 1 aliphatic rings. The van der Waals surface area contributed by atoms with Crippen LogP contribution in [0.5, 0.6) is 5.75 Å². The number of anilines is 3. The third kappa shape index (κ3) is 5.37. The third-order valence-corrected chi connectivity index (χ3v) is 4.22. The summed E-state index contributed by atoms with van der Waals surface area (Å²) in [6.45, 7) is 7.18. The zero-order valence-corrected chi connectivity index (χ0v) is 15.9. The average molecular weight is 369 g/mol. The first-order valence-electron chi connectivity index (χ1n) is 9.34. The van der Waals surface area contributed by atoms with Crippen molar-refractivity contribution in [3.8, 4) is 5.75 Å². The fraction of sp³-hybridized carbons (Fsp3) is 0.381. The number of carbonyl (C=O) groups is 1. The second-order valence-electron chi connectivity index (χ2n) is 6.68. The zero-order valence-electron chi connectivity index (χ0n) is 15.9. The van der Waals surface area contributed by atoms with Crippen LogP contribution in [-0.4, -0.2) is 44.9 Å². The predicted octanol–water partition coefficient (Wildman–Crippen LogP) is 3.36. The van der Waals surface area contributed by atoms with E-state index in [1.807, 2.05) is 62.4 Å². The molecular formula is C21H27N3O3. The predicted molar refractivity (Wildman–Crippen MR) is 109 cm³/mol. The Labute approximate surface area is 160 Å². The van der Waals surface area contributed by atoms with E-state index in [0.29, 0.717) is 13.2 Å². The van der Waals surface area contributed by atoms with Crippen LogP contribution in [-0.2, 0) is 9.53 Å². The van der Waals surface area contributed by atoms with Gasteiger partial charge in [-0.2, -0.15) is 0 Å². The molecule has 27 heavy (non-hydrogen) atoms. The van der Waals surface area contributed by atoms with Crippen molar-refractivity contribution in [1.29, 1.82) is 0 Å². The minimum atomic E-state index is -0.102. The van der Waals surface area contributed by atoms with Gasteiger partial charge in [0.25, 0.3) is 0 Å². The maximum Gasteiger partial charge on any atom is 0.243 e. The Kier molecular flexibility index (Phi) is 6.54. The topological polar surface area (TPSA) is 62.8 Å². The standard InChI is InChI=1S/C21H27N3O3/c1-16(2)27-20-10-6-4-8-18(20)22-15-21(25)23-17-7-3-5-9-19(17)24-11-13-26-14-12-24/h3-10,16,22H,11-15H2,1-2H3,(H,23,25). The molecule has 0 aromatic heterocycles. The van der Waals surface area contributed by atoms with Crippen LogP contribution in [0.2, 0.25) is 0 Å². The highest BCUT2D eigenvalue weighted by Crippen LogP contribution is 2.27. The Bertz CT molecular complexity index is 758. The average Bonchev–Trinajstić information content (AvgIpc) is 2.68. The highest BCUT2D eigenvalue weighted by molar-refractivity contribution is 5.97. The van der Waals surface area contributed by atoms with Crippen LogP contribution in [0.15, 0.2) is 48.5 Å². The summed E-state index contributed by atoms with van der Waals surface area (Å²) in [6.07, 6.45) is 0.0715. The molecule has 144 valence electrons. The van der Waals surface area contributed by atoms with Crippen LogP contribution in [0.3, 0.4) is 0 Å². The Morgan fingerprint density at radius 1 is 1.07 bits per heavy atom. The van der Waals surface area contributed by atoms with Gasteiger partial charge in [-0.15, -0.1) is 0 Å². The molecule has 1 aliphatic heterocycles. The van der Waals surface area contributed by atoms with E-state index in [1.54, 1.807) is 0 Å². The Balaban J connectivity index is 1.62. The quantitative estimate of drug-likeness (QED) is 0.784. The van der Waals surface area contributed by atoms with Crippen molar-refractivity contribution in [2.75, 3.05) is 48.4 Å². The van der Waals surface area contributed by atoms with Crippen molar-refractivity contribution in [3.05, 3.63) is 48.5 Å². The molecule has 6 nitrogen and oxygen atoms in total. The van der Waals surface area contributed by atoms with E-state index in [2.05, 4.69) is 15.5 Å². The van der Waals surface area contributed by atoms with Crippen LogP contribution in [0, 0.1) is 0 Å². The Hall–Kier alpha value is -2.73. The molecule has 0 aliphatic carbocycles. The van der Waals surface area contributed by atoms with E-state index in [-0.39, 0.29) is 18.6 Å². The van der Waals surface area contributed by atoms with Crippen molar-refractivity contribution < 1.29 is 14.3 Å². The molecule has 2 aromatic rings. The van der Waals surface area contributed by atoms with E-state index in [9.17, 15) is 4.79 Å². The normalized spacial score (nSPS) is 14.1. The molecule has 0 unspecified atom stereocenters. The fourth-order valence-corrected chi connectivity index (χ4v) is 3.00. The first kappa shape index (κ1) is 19.0. The number of ether oxygens (including phenoxy) is 2. The summed E-state index contributed by atoms with van der Waals surface area (Å²) >= 11 is 0. The van der Waals surface area contributed by atoms with Crippen LogP contribution >= 0.6 is 0 Å². The van der Waals surface area contributed by atoms with Crippen LogP contribution in [0.4, 0.5) is 17.1 Å². The highest BCUT2D eigenvalue weighted by atomic mass is 16.5. The number of morpholine rings is 1. The summed E-state index contributed by atoms with van der Waals surface area (Å²) in [4.78, 5) is 14.7. The number of amides is 1. The number of benzene rings is 2. The summed E-state index contributed by atoms with van der Waals surface area (Å²) in [5.41, 5.74) is 2.65. The van der Waals surface area contributed by atoms with Crippen molar-refractivity contribution in [2.45, 2.75) is 20.0 Å². The van der Waals surface area contributed by atoms with Crippen LogP contribution < -0.4 is 20.3 Å². The summed E-state index contributed by atoms with van der Waals surface area (Å²) in [5, 5.41) is 6.18. The number of para-hydroxylation sites is 4. The molecular weight excluding hydrogens is 342 g/mol. The van der Waals surface area contributed by atoms with Gasteiger partial charge in [-0.3, -0.25) is 4.79 Å². The number of hydrogen-bond acceptors (Lipinski definition) is 5. The molecule has 1 heterocycles. The van der Waals surface area contributed by atoms with Gasteiger partial charge in [-0.25, -0.2) is 0 Å². The molecule has 1 amide bonds. The largest absolute Gasteiger partial charge is 0.489 e. The maximum atomic E-state index is 12.5. The second kappa shape index (κ2) is 9.28. The van der Waals surface area contributed by atoms with Gasteiger partial charge in [0.05, 0.1) is 42.9 Å². The first-order chi connectivity index (χ1) is 13.1. The lowest BCUT2D eigenvalue weighted by molar-refractivity contribution is -0.114. The molecule has 2 N–H and O–H groups in total. The lowest BCUT2D eigenvalue weighted by atomic mass is 10.2. The lowest BCUT2D eigenvalue weighted by Gasteiger charge is -2.30. The van der Waals surface area contributed by atoms with Gasteiger partial charge in [0, 0.05) is 13.1 Å². The highest BCUT2D eigenvalue weighted by Gasteiger charge is 2.16. The molecule has 0 saturated carbocycles. The third-order valence-electron chi connectivity index (χ3n) is 4.22. The first-order valence-corrected chi connectivity index (χ1v) is 9.34. The molecule has 1 saturated heterocycles. The zero-order chi connectivity index (χ0) is 19.1. The van der Waals surface area contributed by atoms with Crippen LogP contribution in [0.1, 0.15) is 13.8 Å². The summed E-state index contributed by atoms with van der Waals surface area (Å²) in [7, 11) is 0. The summed E-state index contributed by atoms with van der Waals surface area (Å²) in [5.74, 6) is 0.643. The maximum absolute atomic E-state index is 12.5. The molecule has 6 heteroatoms. The van der Waals surface area contributed by atoms with Gasteiger partial charge in [0.15, 0.2) is 0 Å². The molecule has 1 fully saturated rings. The Morgan fingerprint density at radius 2 is 1.74 bits per heavy atom. The summed E-state index contributed by atoms with van der Waals surface area (Å²) < 4.78 is 11.2. The summed E-state index contributed by atoms with van der Waals surface area (Å²) in [6, 6.07) is 15.5. The van der Waals surface area contributed by atoms with Crippen molar-refractivity contribution >= 4 is 23.0 Å². The van der Waals surface area contributed by atoms with Gasteiger partial charge >= 0.3 is 0 Å². The van der Waals surface area contributed by atoms with E-state index >= 15 is 0 Å².